The van der Waals surface area contributed by atoms with Crippen LogP contribution in [0.15, 0.2) is 6.07 Å². The van der Waals surface area contributed by atoms with E-state index in [4.69, 9.17) is 0 Å². The van der Waals surface area contributed by atoms with Crippen molar-refractivity contribution in [2.45, 2.75) is 73.4 Å². The number of nitrogens with zero attached hydrogens (tertiary/aromatic N) is 2. The molecule has 1 unspecified atom stereocenters. The van der Waals surface area contributed by atoms with E-state index in [-0.39, 0.29) is 0 Å². The van der Waals surface area contributed by atoms with Gasteiger partial charge in [-0.1, -0.05) is 34.6 Å². The van der Waals surface area contributed by atoms with Crippen molar-refractivity contribution in [3.8, 4) is 0 Å². The molecule has 0 amide bonds. The number of nitrogens with one attached hydrogen (secondary N) is 1. The Labute approximate surface area is 118 Å². The maximum atomic E-state index is 4.66. The monoisotopic (exact) mass is 265 g/mol. The summed E-state index contributed by atoms with van der Waals surface area (Å²) in [5, 5.41) is 8.24. The van der Waals surface area contributed by atoms with Crippen LogP contribution in [0.5, 0.6) is 0 Å². The molecule has 0 aliphatic rings. The lowest BCUT2D eigenvalue weighted by Gasteiger charge is -2.30. The molecule has 19 heavy (non-hydrogen) atoms. The molecule has 1 N–H and O–H groups in total. The minimum atomic E-state index is 0.308. The van der Waals surface area contributed by atoms with Crippen LogP contribution >= 0.6 is 0 Å². The molecule has 0 saturated carbocycles. The quantitative estimate of drug-likeness (QED) is 0.780. The Kier molecular flexibility index (Phi) is 6.05. The SMILES string of the molecule is CCc1cc(CC(C)(CC)CNC(C)C)n(CC)n1. The molecule has 0 radical (unpaired) electrons. The second-order valence-corrected chi connectivity index (χ2v) is 6.17. The molecule has 110 valence electrons. The summed E-state index contributed by atoms with van der Waals surface area (Å²) < 4.78 is 2.17. The van der Waals surface area contributed by atoms with Crippen molar-refractivity contribution in [3.63, 3.8) is 0 Å². The smallest absolute Gasteiger partial charge is 0.0624 e. The first-order valence-electron chi connectivity index (χ1n) is 7.73. The fourth-order valence-electron chi connectivity index (χ4n) is 2.30. The summed E-state index contributed by atoms with van der Waals surface area (Å²) in [5.74, 6) is 0. The zero-order chi connectivity index (χ0) is 14.5. The fourth-order valence-corrected chi connectivity index (χ4v) is 2.30. The predicted molar refractivity (Wildman–Crippen MR) is 82.5 cm³/mol. The standard InChI is InChI=1S/C16H31N3/c1-7-14-10-15(19(9-3)18-14)11-16(6,8-2)12-17-13(4)5/h10,13,17H,7-9,11-12H2,1-6H3. The Bertz CT molecular complexity index is 381. The summed E-state index contributed by atoms with van der Waals surface area (Å²) >= 11 is 0. The van der Waals surface area contributed by atoms with Crippen molar-refractivity contribution < 1.29 is 0 Å². The molecule has 0 saturated heterocycles. The maximum Gasteiger partial charge on any atom is 0.0624 e. The van der Waals surface area contributed by atoms with Crippen LogP contribution in [0, 0.1) is 5.41 Å². The lowest BCUT2D eigenvalue weighted by atomic mass is 9.82. The van der Waals surface area contributed by atoms with Crippen LogP contribution in [0.3, 0.4) is 0 Å². The highest BCUT2D eigenvalue weighted by Crippen LogP contribution is 2.26. The van der Waals surface area contributed by atoms with E-state index in [1.165, 1.54) is 17.8 Å². The van der Waals surface area contributed by atoms with Crippen LogP contribution in [0.25, 0.3) is 0 Å². The molecule has 0 bridgehead atoms. The van der Waals surface area contributed by atoms with Crippen molar-refractivity contribution >= 4 is 0 Å². The molecule has 1 atom stereocenters. The Hall–Kier alpha value is -0.830. The van der Waals surface area contributed by atoms with E-state index < -0.39 is 0 Å². The van der Waals surface area contributed by atoms with Gasteiger partial charge < -0.3 is 5.32 Å². The van der Waals surface area contributed by atoms with Gasteiger partial charge in [0, 0.05) is 24.8 Å². The summed E-state index contributed by atoms with van der Waals surface area (Å²) in [6.45, 7) is 15.5. The zero-order valence-electron chi connectivity index (χ0n) is 13.6. The number of aromatic nitrogens is 2. The summed E-state index contributed by atoms with van der Waals surface area (Å²) in [5.41, 5.74) is 2.91. The van der Waals surface area contributed by atoms with E-state index in [1.54, 1.807) is 0 Å². The molecule has 3 heteroatoms. The molecule has 0 fully saturated rings. The van der Waals surface area contributed by atoms with Gasteiger partial charge in [-0.2, -0.15) is 5.10 Å². The van der Waals surface area contributed by atoms with E-state index in [0.29, 0.717) is 11.5 Å². The number of hydrogen-bond acceptors (Lipinski definition) is 2. The van der Waals surface area contributed by atoms with Crippen molar-refractivity contribution in [2.75, 3.05) is 6.54 Å². The lowest BCUT2D eigenvalue weighted by molar-refractivity contribution is 0.274. The Morgan fingerprint density at radius 3 is 2.47 bits per heavy atom. The van der Waals surface area contributed by atoms with Gasteiger partial charge in [-0.05, 0) is 37.7 Å². The van der Waals surface area contributed by atoms with Gasteiger partial charge in [0.1, 0.15) is 0 Å². The molecule has 0 aliphatic carbocycles. The van der Waals surface area contributed by atoms with Crippen molar-refractivity contribution in [2.24, 2.45) is 5.41 Å². The van der Waals surface area contributed by atoms with E-state index in [0.717, 1.165) is 25.9 Å². The van der Waals surface area contributed by atoms with Gasteiger partial charge in [-0.15, -0.1) is 0 Å². The van der Waals surface area contributed by atoms with Crippen molar-refractivity contribution in [1.82, 2.24) is 15.1 Å². The van der Waals surface area contributed by atoms with E-state index in [9.17, 15) is 0 Å². The Morgan fingerprint density at radius 2 is 2.00 bits per heavy atom. The average molecular weight is 265 g/mol. The van der Waals surface area contributed by atoms with Crippen LogP contribution in [0.4, 0.5) is 0 Å². The number of aryl methyl sites for hydroxylation is 2. The predicted octanol–water partition coefficient (Wildman–Crippen LogP) is 3.42. The molecule has 1 aromatic heterocycles. The minimum absolute atomic E-state index is 0.308. The minimum Gasteiger partial charge on any atom is -0.314 e. The van der Waals surface area contributed by atoms with Gasteiger partial charge in [0.15, 0.2) is 0 Å². The first-order valence-corrected chi connectivity index (χ1v) is 7.73. The van der Waals surface area contributed by atoms with E-state index in [1.807, 2.05) is 0 Å². The summed E-state index contributed by atoms with van der Waals surface area (Å²) in [6.07, 6.45) is 3.31. The van der Waals surface area contributed by atoms with Crippen LogP contribution in [0.2, 0.25) is 0 Å². The second-order valence-electron chi connectivity index (χ2n) is 6.17. The largest absolute Gasteiger partial charge is 0.314 e. The summed E-state index contributed by atoms with van der Waals surface area (Å²) in [4.78, 5) is 0. The van der Waals surface area contributed by atoms with Crippen LogP contribution in [-0.4, -0.2) is 22.4 Å². The van der Waals surface area contributed by atoms with Gasteiger partial charge in [-0.25, -0.2) is 0 Å². The molecule has 1 rings (SSSR count). The zero-order valence-corrected chi connectivity index (χ0v) is 13.6. The summed E-state index contributed by atoms with van der Waals surface area (Å²) in [7, 11) is 0. The lowest BCUT2D eigenvalue weighted by Crippen LogP contribution is -2.37. The normalized spacial score (nSPS) is 14.9. The highest BCUT2D eigenvalue weighted by Gasteiger charge is 2.24. The molecule has 0 aliphatic heterocycles. The van der Waals surface area contributed by atoms with Crippen molar-refractivity contribution in [1.29, 1.82) is 0 Å². The van der Waals surface area contributed by atoms with E-state index >= 15 is 0 Å². The summed E-state index contributed by atoms with van der Waals surface area (Å²) in [6, 6.07) is 2.83. The topological polar surface area (TPSA) is 29.9 Å². The highest BCUT2D eigenvalue weighted by molar-refractivity contribution is 5.12. The molecule has 0 aromatic carbocycles. The van der Waals surface area contributed by atoms with Gasteiger partial charge in [0.25, 0.3) is 0 Å². The highest BCUT2D eigenvalue weighted by atomic mass is 15.3. The van der Waals surface area contributed by atoms with Crippen LogP contribution in [-0.2, 0) is 19.4 Å². The maximum absolute atomic E-state index is 4.66. The first-order chi connectivity index (χ1) is 8.94. The second kappa shape index (κ2) is 7.09. The molecular weight excluding hydrogens is 234 g/mol. The van der Waals surface area contributed by atoms with Crippen LogP contribution < -0.4 is 5.32 Å². The molecule has 3 nitrogen and oxygen atoms in total. The third-order valence-electron chi connectivity index (χ3n) is 3.97. The number of hydrogen-bond donors (Lipinski definition) is 1. The molecular formula is C16H31N3. The Balaban J connectivity index is 2.81. The van der Waals surface area contributed by atoms with Gasteiger partial charge in [0.2, 0.25) is 0 Å². The van der Waals surface area contributed by atoms with E-state index in [2.05, 4.69) is 62.7 Å². The van der Waals surface area contributed by atoms with Crippen molar-refractivity contribution in [3.05, 3.63) is 17.5 Å². The third kappa shape index (κ3) is 4.64. The molecule has 1 heterocycles. The Morgan fingerprint density at radius 1 is 1.32 bits per heavy atom. The van der Waals surface area contributed by atoms with Crippen LogP contribution in [0.1, 0.15) is 59.4 Å². The molecule has 1 aromatic rings. The number of rotatable bonds is 8. The van der Waals surface area contributed by atoms with Gasteiger partial charge in [-0.3, -0.25) is 4.68 Å². The third-order valence-corrected chi connectivity index (χ3v) is 3.97. The average Bonchev–Trinajstić information content (AvgIpc) is 2.78. The molecule has 0 spiro atoms. The van der Waals surface area contributed by atoms with Gasteiger partial charge >= 0.3 is 0 Å². The fraction of sp³-hybridized carbons (Fsp3) is 0.812. The van der Waals surface area contributed by atoms with Gasteiger partial charge in [0.05, 0.1) is 5.69 Å². The first kappa shape index (κ1) is 16.2.